The fourth-order valence-corrected chi connectivity index (χ4v) is 4.61. The van der Waals surface area contributed by atoms with Crippen LogP contribution in [0.15, 0.2) is 48.5 Å². The average Bonchev–Trinajstić information content (AvgIpc) is 2.82. The van der Waals surface area contributed by atoms with Crippen LogP contribution in [-0.4, -0.2) is 50.0 Å². The Labute approximate surface area is 210 Å². The zero-order valence-corrected chi connectivity index (χ0v) is 22.6. The number of aryl methyl sites for hydroxylation is 2. The van der Waals surface area contributed by atoms with E-state index in [4.69, 9.17) is 0 Å². The van der Waals surface area contributed by atoms with E-state index in [0.29, 0.717) is 12.1 Å². The summed E-state index contributed by atoms with van der Waals surface area (Å²) >= 11 is 0. The van der Waals surface area contributed by atoms with Crippen LogP contribution in [0, 0.1) is 6.92 Å². The van der Waals surface area contributed by atoms with Gasteiger partial charge in [0.15, 0.2) is 0 Å². The van der Waals surface area contributed by atoms with Crippen molar-refractivity contribution in [3.63, 3.8) is 0 Å². The summed E-state index contributed by atoms with van der Waals surface area (Å²) in [5.74, 6) is -0.665. The molecule has 0 saturated carbocycles. The minimum Gasteiger partial charge on any atom is -0.352 e. The first-order chi connectivity index (χ1) is 16.5. The van der Waals surface area contributed by atoms with Crippen LogP contribution >= 0.6 is 0 Å². The Balaban J connectivity index is 2.42. The highest BCUT2D eigenvalue weighted by molar-refractivity contribution is 7.92. The molecule has 0 radical (unpaired) electrons. The van der Waals surface area contributed by atoms with Gasteiger partial charge in [0.05, 0.1) is 11.9 Å². The molecule has 0 spiro atoms. The fourth-order valence-electron chi connectivity index (χ4n) is 3.76. The molecule has 2 aromatic carbocycles. The predicted octanol–water partition coefficient (Wildman–Crippen LogP) is 4.05. The molecule has 8 heteroatoms. The number of sulfonamides is 1. The molecule has 0 aliphatic carbocycles. The van der Waals surface area contributed by atoms with Crippen molar-refractivity contribution in [3.8, 4) is 0 Å². The Kier molecular flexibility index (Phi) is 10.3. The maximum Gasteiger partial charge on any atom is 0.244 e. The predicted molar refractivity (Wildman–Crippen MR) is 142 cm³/mol. The minimum absolute atomic E-state index is 0.0301. The van der Waals surface area contributed by atoms with Crippen LogP contribution in [0.25, 0.3) is 0 Å². The summed E-state index contributed by atoms with van der Waals surface area (Å²) < 4.78 is 26.5. The number of hydrogen-bond acceptors (Lipinski definition) is 4. The van der Waals surface area contributed by atoms with Gasteiger partial charge in [0, 0.05) is 12.6 Å². The van der Waals surface area contributed by atoms with Crippen LogP contribution in [0.5, 0.6) is 0 Å². The molecule has 2 rings (SSSR count). The molecule has 0 aliphatic rings. The number of carbonyl (C=O) groups excluding carboxylic acids is 2. The topological polar surface area (TPSA) is 86.8 Å². The molecular weight excluding hydrogens is 462 g/mol. The monoisotopic (exact) mass is 501 g/mol. The first-order valence-electron chi connectivity index (χ1n) is 12.2. The first-order valence-corrected chi connectivity index (χ1v) is 14.1. The Morgan fingerprint density at radius 3 is 1.97 bits per heavy atom. The summed E-state index contributed by atoms with van der Waals surface area (Å²) in [4.78, 5) is 28.3. The van der Waals surface area contributed by atoms with Gasteiger partial charge in [-0.3, -0.25) is 13.9 Å². The summed E-state index contributed by atoms with van der Waals surface area (Å²) in [6, 6.07) is 14.1. The largest absolute Gasteiger partial charge is 0.352 e. The summed E-state index contributed by atoms with van der Waals surface area (Å²) in [6.45, 7) is 9.58. The SMILES string of the molecule is CCc1ccc(N(CC(=O)N(Cc2ccc(C)cc2)C(CC)C(=O)NC(C)CC)S(C)(=O)=O)cc1. The van der Waals surface area contributed by atoms with Gasteiger partial charge < -0.3 is 10.2 Å². The number of anilines is 1. The van der Waals surface area contributed by atoms with Crippen molar-refractivity contribution < 1.29 is 18.0 Å². The van der Waals surface area contributed by atoms with Gasteiger partial charge in [0.2, 0.25) is 21.8 Å². The molecule has 2 unspecified atom stereocenters. The Bertz CT molecular complexity index is 1080. The molecule has 0 bridgehead atoms. The summed E-state index contributed by atoms with van der Waals surface area (Å²) in [5, 5.41) is 2.97. The number of amides is 2. The Morgan fingerprint density at radius 2 is 1.49 bits per heavy atom. The number of nitrogens with zero attached hydrogens (tertiary/aromatic N) is 2. The van der Waals surface area contributed by atoms with Crippen molar-refractivity contribution in [1.82, 2.24) is 10.2 Å². The van der Waals surface area contributed by atoms with Gasteiger partial charge in [-0.25, -0.2) is 8.42 Å². The van der Waals surface area contributed by atoms with E-state index in [0.717, 1.165) is 40.1 Å². The third-order valence-electron chi connectivity index (χ3n) is 6.17. The van der Waals surface area contributed by atoms with Crippen molar-refractivity contribution in [3.05, 3.63) is 65.2 Å². The van der Waals surface area contributed by atoms with Crippen LogP contribution in [0.4, 0.5) is 5.69 Å². The second kappa shape index (κ2) is 12.7. The van der Waals surface area contributed by atoms with Crippen molar-refractivity contribution in [2.24, 2.45) is 0 Å². The molecule has 2 atom stereocenters. The fraction of sp³-hybridized carbons (Fsp3) is 0.481. The van der Waals surface area contributed by atoms with Crippen LogP contribution in [-0.2, 0) is 32.6 Å². The maximum atomic E-state index is 13.7. The molecule has 0 saturated heterocycles. The smallest absolute Gasteiger partial charge is 0.244 e. The number of hydrogen-bond donors (Lipinski definition) is 1. The molecular formula is C27H39N3O4S. The lowest BCUT2D eigenvalue weighted by molar-refractivity contribution is -0.140. The van der Waals surface area contributed by atoms with E-state index in [2.05, 4.69) is 5.32 Å². The van der Waals surface area contributed by atoms with E-state index < -0.39 is 22.0 Å². The zero-order valence-electron chi connectivity index (χ0n) is 21.7. The first kappa shape index (κ1) is 28.4. The van der Waals surface area contributed by atoms with Gasteiger partial charge in [-0.05, 0) is 56.4 Å². The van der Waals surface area contributed by atoms with E-state index in [1.54, 1.807) is 12.1 Å². The number of nitrogens with one attached hydrogen (secondary N) is 1. The lowest BCUT2D eigenvalue weighted by Gasteiger charge is -2.33. The summed E-state index contributed by atoms with van der Waals surface area (Å²) in [5.41, 5.74) is 3.46. The van der Waals surface area contributed by atoms with E-state index in [9.17, 15) is 18.0 Å². The maximum absolute atomic E-state index is 13.7. The number of benzene rings is 2. The summed E-state index contributed by atoms with van der Waals surface area (Å²) in [7, 11) is -3.73. The van der Waals surface area contributed by atoms with E-state index in [1.165, 1.54) is 4.90 Å². The lowest BCUT2D eigenvalue weighted by Crippen LogP contribution is -2.53. The highest BCUT2D eigenvalue weighted by Gasteiger charge is 2.32. The van der Waals surface area contributed by atoms with Crippen LogP contribution in [0.1, 0.15) is 57.2 Å². The van der Waals surface area contributed by atoms with E-state index >= 15 is 0 Å². The number of carbonyl (C=O) groups is 2. The van der Waals surface area contributed by atoms with Gasteiger partial charge in [-0.15, -0.1) is 0 Å². The molecule has 192 valence electrons. The highest BCUT2D eigenvalue weighted by atomic mass is 32.2. The van der Waals surface area contributed by atoms with Gasteiger partial charge in [-0.1, -0.05) is 62.7 Å². The third-order valence-corrected chi connectivity index (χ3v) is 7.31. The lowest BCUT2D eigenvalue weighted by atomic mass is 10.1. The average molecular weight is 502 g/mol. The molecule has 7 nitrogen and oxygen atoms in total. The van der Waals surface area contributed by atoms with Crippen molar-refractivity contribution in [1.29, 1.82) is 0 Å². The zero-order chi connectivity index (χ0) is 26.2. The quantitative estimate of drug-likeness (QED) is 0.475. The molecule has 1 N–H and O–H groups in total. The third kappa shape index (κ3) is 8.09. The van der Waals surface area contributed by atoms with Gasteiger partial charge in [-0.2, -0.15) is 0 Å². The molecule has 0 aliphatic heterocycles. The Hall–Kier alpha value is -2.87. The summed E-state index contributed by atoms with van der Waals surface area (Å²) in [6.07, 6.45) is 3.09. The van der Waals surface area contributed by atoms with Crippen LogP contribution in [0.2, 0.25) is 0 Å². The van der Waals surface area contributed by atoms with Crippen molar-refractivity contribution >= 4 is 27.5 Å². The van der Waals surface area contributed by atoms with Gasteiger partial charge >= 0.3 is 0 Å². The van der Waals surface area contributed by atoms with E-state index in [-0.39, 0.29) is 25.0 Å². The molecule has 0 fully saturated rings. The normalized spacial score (nSPS) is 13.1. The second-order valence-corrected chi connectivity index (χ2v) is 10.9. The van der Waals surface area contributed by atoms with Crippen molar-refractivity contribution in [2.75, 3.05) is 17.1 Å². The molecule has 35 heavy (non-hydrogen) atoms. The van der Waals surface area contributed by atoms with Crippen molar-refractivity contribution in [2.45, 2.75) is 72.5 Å². The van der Waals surface area contributed by atoms with Crippen LogP contribution < -0.4 is 9.62 Å². The molecule has 2 aromatic rings. The van der Waals surface area contributed by atoms with Gasteiger partial charge in [0.1, 0.15) is 12.6 Å². The standard InChI is InChI=1S/C27H39N3O4S/c1-7-21(5)28-27(32)25(9-3)29(18-23-12-10-20(4)11-13-23)26(31)19-30(35(6,33)34)24-16-14-22(8-2)15-17-24/h10-17,21,25H,7-9,18-19H2,1-6H3,(H,28,32). The van der Waals surface area contributed by atoms with Gasteiger partial charge in [0.25, 0.3) is 0 Å². The van der Waals surface area contributed by atoms with Crippen LogP contribution in [0.3, 0.4) is 0 Å². The van der Waals surface area contributed by atoms with E-state index in [1.807, 2.05) is 71.0 Å². The molecule has 2 amide bonds. The Morgan fingerprint density at radius 1 is 0.914 bits per heavy atom. The molecule has 0 heterocycles. The second-order valence-electron chi connectivity index (χ2n) is 9.04. The number of rotatable bonds is 12. The highest BCUT2D eigenvalue weighted by Crippen LogP contribution is 2.21. The minimum atomic E-state index is -3.73. The molecule has 0 aromatic heterocycles.